The minimum Gasteiger partial charge on any atom is -0.379 e. The van der Waals surface area contributed by atoms with Crippen LogP contribution in [0.5, 0.6) is 0 Å². The van der Waals surface area contributed by atoms with Gasteiger partial charge in [0.25, 0.3) is 0 Å². The zero-order chi connectivity index (χ0) is 10.7. The molecule has 0 radical (unpaired) electrons. The first kappa shape index (κ1) is 10.6. The lowest BCUT2D eigenvalue weighted by Crippen LogP contribution is -2.42. The minimum absolute atomic E-state index is 0.142. The van der Waals surface area contributed by atoms with Crippen molar-refractivity contribution in [3.63, 3.8) is 0 Å². The van der Waals surface area contributed by atoms with Gasteiger partial charge in [-0.1, -0.05) is 0 Å². The van der Waals surface area contributed by atoms with E-state index in [-0.39, 0.29) is 5.54 Å². The largest absolute Gasteiger partial charge is 0.379 e. The van der Waals surface area contributed by atoms with Crippen molar-refractivity contribution in [1.29, 1.82) is 0 Å². The van der Waals surface area contributed by atoms with Gasteiger partial charge in [0.15, 0.2) is 0 Å². The monoisotopic (exact) mass is 209 g/mol. The summed E-state index contributed by atoms with van der Waals surface area (Å²) in [5.41, 5.74) is 1.38. The van der Waals surface area contributed by atoms with Gasteiger partial charge in [-0.25, -0.2) is 4.98 Å². The highest BCUT2D eigenvalue weighted by Gasteiger charge is 2.28. The third-order valence-electron chi connectivity index (χ3n) is 3.05. The lowest BCUT2D eigenvalue weighted by molar-refractivity contribution is 0.171. The average Bonchev–Trinajstić information content (AvgIpc) is 2.84. The predicted octanol–water partition coefficient (Wildman–Crippen LogP) is 1.17. The van der Waals surface area contributed by atoms with Crippen LogP contribution in [0, 0.1) is 0 Å². The van der Waals surface area contributed by atoms with Crippen LogP contribution in [0.1, 0.15) is 26.0 Å². The van der Waals surface area contributed by atoms with Crippen molar-refractivity contribution in [3.05, 3.63) is 18.2 Å². The van der Waals surface area contributed by atoms with Crippen molar-refractivity contribution in [2.45, 2.75) is 38.9 Å². The van der Waals surface area contributed by atoms with Crippen LogP contribution in [0.15, 0.2) is 12.5 Å². The fourth-order valence-electron chi connectivity index (χ4n) is 1.89. The number of nitrogens with one attached hydrogen (secondary N) is 1. The standard InChI is InChI=1S/C11H19N3O/c1-3-14-9-12-6-10(14)7-13-11(2)4-5-15-8-11/h6,9,13H,3-5,7-8H2,1-2H3. The van der Waals surface area contributed by atoms with E-state index in [1.165, 1.54) is 5.69 Å². The fourth-order valence-corrected chi connectivity index (χ4v) is 1.89. The topological polar surface area (TPSA) is 39.1 Å². The summed E-state index contributed by atoms with van der Waals surface area (Å²) >= 11 is 0. The molecule has 1 unspecified atom stereocenters. The fraction of sp³-hybridized carbons (Fsp3) is 0.727. The maximum atomic E-state index is 5.40. The van der Waals surface area contributed by atoms with Crippen molar-refractivity contribution in [1.82, 2.24) is 14.9 Å². The number of rotatable bonds is 4. The summed E-state index contributed by atoms with van der Waals surface area (Å²) in [4.78, 5) is 4.15. The van der Waals surface area contributed by atoms with Gasteiger partial charge in [-0.15, -0.1) is 0 Å². The molecular weight excluding hydrogens is 190 g/mol. The first-order chi connectivity index (χ1) is 7.23. The highest BCUT2D eigenvalue weighted by atomic mass is 16.5. The lowest BCUT2D eigenvalue weighted by Gasteiger charge is -2.23. The molecule has 2 rings (SSSR count). The van der Waals surface area contributed by atoms with Crippen LogP contribution >= 0.6 is 0 Å². The highest BCUT2D eigenvalue weighted by Crippen LogP contribution is 2.18. The van der Waals surface area contributed by atoms with Crippen molar-refractivity contribution < 1.29 is 4.74 Å². The first-order valence-corrected chi connectivity index (χ1v) is 5.55. The van der Waals surface area contributed by atoms with E-state index in [9.17, 15) is 0 Å². The van der Waals surface area contributed by atoms with Gasteiger partial charge in [-0.3, -0.25) is 0 Å². The summed E-state index contributed by atoms with van der Waals surface area (Å²) in [6.45, 7) is 7.87. The number of nitrogens with zero attached hydrogens (tertiary/aromatic N) is 2. The van der Waals surface area contributed by atoms with Crippen LogP contribution in [0.3, 0.4) is 0 Å². The van der Waals surface area contributed by atoms with E-state index in [1.807, 2.05) is 12.5 Å². The van der Waals surface area contributed by atoms with Gasteiger partial charge < -0.3 is 14.6 Å². The van der Waals surface area contributed by atoms with Gasteiger partial charge >= 0.3 is 0 Å². The van der Waals surface area contributed by atoms with Crippen LogP contribution in [0.4, 0.5) is 0 Å². The van der Waals surface area contributed by atoms with Crippen LogP contribution in [0.2, 0.25) is 0 Å². The number of aromatic nitrogens is 2. The maximum Gasteiger partial charge on any atom is 0.0948 e. The van der Waals surface area contributed by atoms with Crippen LogP contribution in [0.25, 0.3) is 0 Å². The Labute approximate surface area is 90.6 Å². The van der Waals surface area contributed by atoms with Crippen molar-refractivity contribution in [3.8, 4) is 0 Å². The predicted molar refractivity (Wildman–Crippen MR) is 58.6 cm³/mol. The molecule has 1 N–H and O–H groups in total. The zero-order valence-corrected chi connectivity index (χ0v) is 9.49. The maximum absolute atomic E-state index is 5.40. The number of ether oxygens (including phenoxy) is 1. The van der Waals surface area contributed by atoms with E-state index in [2.05, 4.69) is 28.7 Å². The molecule has 0 aliphatic carbocycles. The molecule has 1 fully saturated rings. The third kappa shape index (κ3) is 2.38. The molecular formula is C11H19N3O. The summed E-state index contributed by atoms with van der Waals surface area (Å²) in [5, 5.41) is 3.55. The molecule has 1 aliphatic rings. The van der Waals surface area contributed by atoms with E-state index in [0.717, 1.165) is 32.7 Å². The first-order valence-electron chi connectivity index (χ1n) is 5.55. The Morgan fingerprint density at radius 3 is 3.20 bits per heavy atom. The van der Waals surface area contributed by atoms with Gasteiger partial charge in [-0.05, 0) is 20.3 Å². The Hall–Kier alpha value is -0.870. The van der Waals surface area contributed by atoms with Crippen LogP contribution in [-0.2, 0) is 17.8 Å². The molecule has 4 nitrogen and oxygen atoms in total. The quantitative estimate of drug-likeness (QED) is 0.809. The molecule has 2 heterocycles. The molecule has 1 aliphatic heterocycles. The molecule has 15 heavy (non-hydrogen) atoms. The number of hydrogen-bond acceptors (Lipinski definition) is 3. The molecule has 0 amide bonds. The molecule has 84 valence electrons. The Bertz CT molecular complexity index is 315. The Balaban J connectivity index is 1.92. The van der Waals surface area contributed by atoms with Gasteiger partial charge in [0.1, 0.15) is 0 Å². The van der Waals surface area contributed by atoms with Crippen molar-refractivity contribution >= 4 is 0 Å². The molecule has 0 saturated carbocycles. The summed E-state index contributed by atoms with van der Waals surface area (Å²) in [5.74, 6) is 0. The van der Waals surface area contributed by atoms with Crippen LogP contribution in [-0.4, -0.2) is 28.3 Å². The zero-order valence-electron chi connectivity index (χ0n) is 9.49. The number of aryl methyl sites for hydroxylation is 1. The van der Waals surface area contributed by atoms with Gasteiger partial charge in [-0.2, -0.15) is 0 Å². The second kappa shape index (κ2) is 4.33. The van der Waals surface area contributed by atoms with E-state index in [4.69, 9.17) is 4.74 Å². The molecule has 1 atom stereocenters. The molecule has 0 bridgehead atoms. The lowest BCUT2D eigenvalue weighted by atomic mass is 10.0. The van der Waals surface area contributed by atoms with E-state index < -0.39 is 0 Å². The molecule has 0 spiro atoms. The molecule has 0 aromatic carbocycles. The van der Waals surface area contributed by atoms with Gasteiger partial charge in [0, 0.05) is 31.4 Å². The summed E-state index contributed by atoms with van der Waals surface area (Å²) in [6, 6.07) is 0. The number of hydrogen-bond donors (Lipinski definition) is 1. The smallest absolute Gasteiger partial charge is 0.0948 e. The van der Waals surface area contributed by atoms with Gasteiger partial charge in [0.05, 0.1) is 18.6 Å². The number of imidazole rings is 1. The van der Waals surface area contributed by atoms with E-state index >= 15 is 0 Å². The summed E-state index contributed by atoms with van der Waals surface area (Å²) in [6.07, 6.45) is 4.90. The minimum atomic E-state index is 0.142. The molecule has 1 aromatic rings. The summed E-state index contributed by atoms with van der Waals surface area (Å²) in [7, 11) is 0. The van der Waals surface area contributed by atoms with Crippen LogP contribution < -0.4 is 5.32 Å². The molecule has 1 saturated heterocycles. The van der Waals surface area contributed by atoms with E-state index in [1.54, 1.807) is 0 Å². The average molecular weight is 209 g/mol. The third-order valence-corrected chi connectivity index (χ3v) is 3.05. The van der Waals surface area contributed by atoms with E-state index in [0.29, 0.717) is 0 Å². The Morgan fingerprint density at radius 1 is 1.67 bits per heavy atom. The van der Waals surface area contributed by atoms with Gasteiger partial charge in [0.2, 0.25) is 0 Å². The van der Waals surface area contributed by atoms with Crippen molar-refractivity contribution in [2.75, 3.05) is 13.2 Å². The normalized spacial score (nSPS) is 26.0. The molecule has 1 aromatic heterocycles. The molecule has 4 heteroatoms. The summed E-state index contributed by atoms with van der Waals surface area (Å²) < 4.78 is 7.56. The second-order valence-electron chi connectivity index (χ2n) is 4.39. The SMILES string of the molecule is CCn1cncc1CNC1(C)CCOC1. The van der Waals surface area contributed by atoms with Crippen molar-refractivity contribution in [2.24, 2.45) is 0 Å². The highest BCUT2D eigenvalue weighted by molar-refractivity contribution is 5.00. The Morgan fingerprint density at radius 2 is 2.53 bits per heavy atom. The second-order valence-corrected chi connectivity index (χ2v) is 4.39. The Kier molecular flexibility index (Phi) is 3.07.